The number of halogens is 1. The SMILES string of the molecule is COc1ccc(O[C@@H]2CCN(S(=O)(=O)c3cc(F)ccc3OC)C2)nn1. The molecule has 140 valence electrons. The van der Waals surface area contributed by atoms with Crippen LogP contribution in [0.3, 0.4) is 0 Å². The van der Waals surface area contributed by atoms with Crippen LogP contribution in [0, 0.1) is 5.82 Å². The summed E-state index contributed by atoms with van der Waals surface area (Å²) in [4.78, 5) is -0.204. The molecule has 1 aliphatic rings. The minimum Gasteiger partial charge on any atom is -0.495 e. The van der Waals surface area contributed by atoms with E-state index in [-0.39, 0.29) is 35.7 Å². The van der Waals surface area contributed by atoms with Crippen LogP contribution in [0.5, 0.6) is 17.5 Å². The summed E-state index contributed by atoms with van der Waals surface area (Å²) in [6, 6.07) is 6.59. The number of ether oxygens (including phenoxy) is 3. The molecule has 0 N–H and O–H groups in total. The van der Waals surface area contributed by atoms with Crippen LogP contribution in [0.2, 0.25) is 0 Å². The molecule has 0 aliphatic carbocycles. The van der Waals surface area contributed by atoms with Crippen molar-refractivity contribution in [3.8, 4) is 17.5 Å². The largest absolute Gasteiger partial charge is 0.495 e. The Hall–Kier alpha value is -2.46. The lowest BCUT2D eigenvalue weighted by molar-refractivity contribution is 0.203. The van der Waals surface area contributed by atoms with E-state index in [1.807, 2.05) is 0 Å². The normalized spacial score (nSPS) is 17.9. The van der Waals surface area contributed by atoms with Crippen molar-refractivity contribution in [3.05, 3.63) is 36.1 Å². The highest BCUT2D eigenvalue weighted by atomic mass is 32.2. The molecular formula is C16H18FN3O5S. The van der Waals surface area contributed by atoms with Crippen LogP contribution in [-0.2, 0) is 10.0 Å². The minimum atomic E-state index is -3.91. The maximum atomic E-state index is 13.5. The molecule has 2 heterocycles. The van der Waals surface area contributed by atoms with Gasteiger partial charge in [0.2, 0.25) is 21.8 Å². The fraction of sp³-hybridized carbons (Fsp3) is 0.375. The molecule has 8 nitrogen and oxygen atoms in total. The van der Waals surface area contributed by atoms with E-state index in [0.29, 0.717) is 12.3 Å². The van der Waals surface area contributed by atoms with Crippen LogP contribution in [0.4, 0.5) is 4.39 Å². The molecule has 1 fully saturated rings. The second-order valence-corrected chi connectivity index (χ2v) is 7.51. The van der Waals surface area contributed by atoms with Crippen LogP contribution in [0.1, 0.15) is 6.42 Å². The first kappa shape index (κ1) is 18.3. The van der Waals surface area contributed by atoms with Crippen molar-refractivity contribution in [3.63, 3.8) is 0 Å². The van der Waals surface area contributed by atoms with Crippen molar-refractivity contribution in [2.45, 2.75) is 17.4 Å². The van der Waals surface area contributed by atoms with E-state index in [1.165, 1.54) is 24.6 Å². The summed E-state index contributed by atoms with van der Waals surface area (Å²) in [6.45, 7) is 0.367. The Morgan fingerprint density at radius 3 is 2.50 bits per heavy atom. The third-order valence-corrected chi connectivity index (χ3v) is 5.85. The zero-order chi connectivity index (χ0) is 18.7. The van der Waals surface area contributed by atoms with Crippen molar-refractivity contribution < 1.29 is 27.0 Å². The van der Waals surface area contributed by atoms with Crippen LogP contribution >= 0.6 is 0 Å². The lowest BCUT2D eigenvalue weighted by Crippen LogP contribution is -2.31. The van der Waals surface area contributed by atoms with Gasteiger partial charge in [0.15, 0.2) is 0 Å². The molecule has 26 heavy (non-hydrogen) atoms. The summed E-state index contributed by atoms with van der Waals surface area (Å²) in [5.74, 6) is 0.0752. The Bertz CT molecular complexity index is 876. The quantitative estimate of drug-likeness (QED) is 0.746. The van der Waals surface area contributed by atoms with Crippen LogP contribution in [-0.4, -0.2) is 56.3 Å². The highest BCUT2D eigenvalue weighted by molar-refractivity contribution is 7.89. The molecular weight excluding hydrogens is 365 g/mol. The van der Waals surface area contributed by atoms with Gasteiger partial charge in [-0.05, 0) is 24.6 Å². The molecule has 1 aromatic carbocycles. The van der Waals surface area contributed by atoms with E-state index >= 15 is 0 Å². The summed E-state index contributed by atoms with van der Waals surface area (Å²) in [5, 5.41) is 7.66. The fourth-order valence-electron chi connectivity index (χ4n) is 2.65. The third-order valence-electron chi connectivity index (χ3n) is 3.96. The third kappa shape index (κ3) is 3.70. The number of rotatable bonds is 6. The topological polar surface area (TPSA) is 90.9 Å². The van der Waals surface area contributed by atoms with Gasteiger partial charge in [-0.15, -0.1) is 10.2 Å². The highest BCUT2D eigenvalue weighted by Gasteiger charge is 2.35. The molecule has 0 bridgehead atoms. The summed E-state index contributed by atoms with van der Waals surface area (Å²) in [5.41, 5.74) is 0. The zero-order valence-electron chi connectivity index (χ0n) is 14.3. The van der Waals surface area contributed by atoms with Crippen molar-refractivity contribution in [1.29, 1.82) is 0 Å². The standard InChI is InChI=1S/C16H18FN3O5S/c1-23-13-4-3-11(17)9-14(13)26(21,22)20-8-7-12(10-20)25-16-6-5-15(24-2)18-19-16/h3-6,9,12H,7-8,10H2,1-2H3/t12-/m1/s1. The van der Waals surface area contributed by atoms with Gasteiger partial charge in [-0.25, -0.2) is 12.8 Å². The maximum absolute atomic E-state index is 13.5. The number of nitrogens with zero attached hydrogens (tertiary/aromatic N) is 3. The highest BCUT2D eigenvalue weighted by Crippen LogP contribution is 2.30. The molecule has 2 aromatic rings. The molecule has 3 rings (SSSR count). The van der Waals surface area contributed by atoms with Crippen molar-refractivity contribution in [2.24, 2.45) is 0 Å². The van der Waals surface area contributed by atoms with Crippen LogP contribution in [0.25, 0.3) is 0 Å². The van der Waals surface area contributed by atoms with Gasteiger partial charge in [-0.1, -0.05) is 0 Å². The number of hydrogen-bond acceptors (Lipinski definition) is 7. The van der Waals surface area contributed by atoms with Crippen molar-refractivity contribution >= 4 is 10.0 Å². The molecule has 1 saturated heterocycles. The summed E-state index contributed by atoms with van der Waals surface area (Å²) in [7, 11) is -1.09. The van der Waals surface area contributed by atoms with E-state index in [9.17, 15) is 12.8 Å². The smallest absolute Gasteiger partial charge is 0.246 e. The number of methoxy groups -OCH3 is 2. The summed E-state index contributed by atoms with van der Waals surface area (Å²) in [6.07, 6.45) is 0.0944. The van der Waals surface area contributed by atoms with Crippen molar-refractivity contribution in [2.75, 3.05) is 27.3 Å². The molecule has 10 heteroatoms. The summed E-state index contributed by atoms with van der Waals surface area (Å²) >= 11 is 0. The molecule has 1 aliphatic heterocycles. The lowest BCUT2D eigenvalue weighted by Gasteiger charge is -2.18. The molecule has 0 spiro atoms. The Kier molecular flexibility index (Phi) is 5.23. The monoisotopic (exact) mass is 383 g/mol. The summed E-state index contributed by atoms with van der Waals surface area (Å²) < 4.78 is 56.1. The molecule has 1 atom stereocenters. The van der Waals surface area contributed by atoms with E-state index in [2.05, 4.69) is 10.2 Å². The predicted molar refractivity (Wildman–Crippen MR) is 89.3 cm³/mol. The van der Waals surface area contributed by atoms with E-state index in [0.717, 1.165) is 12.1 Å². The van der Waals surface area contributed by atoms with Gasteiger partial charge in [0.25, 0.3) is 0 Å². The molecule has 1 aromatic heterocycles. The Morgan fingerprint density at radius 2 is 1.85 bits per heavy atom. The van der Waals surface area contributed by atoms with Gasteiger partial charge in [-0.2, -0.15) is 4.31 Å². The van der Waals surface area contributed by atoms with Gasteiger partial charge >= 0.3 is 0 Å². The van der Waals surface area contributed by atoms with Gasteiger partial charge in [0, 0.05) is 18.7 Å². The fourth-order valence-corrected chi connectivity index (χ4v) is 4.31. The predicted octanol–water partition coefficient (Wildman–Crippen LogP) is 1.47. The zero-order valence-corrected chi connectivity index (χ0v) is 15.1. The maximum Gasteiger partial charge on any atom is 0.246 e. The Balaban J connectivity index is 1.74. The van der Waals surface area contributed by atoms with Gasteiger partial charge in [0.05, 0.1) is 20.8 Å². The Morgan fingerprint density at radius 1 is 1.12 bits per heavy atom. The first-order valence-corrected chi connectivity index (χ1v) is 9.26. The Labute approximate surface area is 150 Å². The second-order valence-electron chi connectivity index (χ2n) is 5.60. The second kappa shape index (κ2) is 7.42. The number of benzene rings is 1. The molecule has 0 unspecified atom stereocenters. The average Bonchev–Trinajstić information content (AvgIpc) is 3.11. The lowest BCUT2D eigenvalue weighted by atomic mass is 10.3. The minimum absolute atomic E-state index is 0.0942. The van der Waals surface area contributed by atoms with E-state index in [4.69, 9.17) is 14.2 Å². The number of sulfonamides is 1. The van der Waals surface area contributed by atoms with E-state index < -0.39 is 15.8 Å². The first-order chi connectivity index (χ1) is 12.4. The molecule has 0 radical (unpaired) electrons. The van der Waals surface area contributed by atoms with Crippen molar-refractivity contribution in [1.82, 2.24) is 14.5 Å². The van der Waals surface area contributed by atoms with Crippen LogP contribution in [0.15, 0.2) is 35.2 Å². The van der Waals surface area contributed by atoms with Crippen LogP contribution < -0.4 is 14.2 Å². The van der Waals surface area contributed by atoms with E-state index in [1.54, 1.807) is 12.1 Å². The average molecular weight is 383 g/mol. The first-order valence-electron chi connectivity index (χ1n) is 7.82. The molecule has 0 saturated carbocycles. The number of hydrogen-bond donors (Lipinski definition) is 0. The molecule has 0 amide bonds. The van der Waals surface area contributed by atoms with Gasteiger partial charge in [-0.3, -0.25) is 0 Å². The number of aromatic nitrogens is 2. The van der Waals surface area contributed by atoms with Gasteiger partial charge < -0.3 is 14.2 Å². The van der Waals surface area contributed by atoms with Gasteiger partial charge in [0.1, 0.15) is 22.6 Å².